The van der Waals surface area contributed by atoms with E-state index in [1.54, 1.807) is 12.1 Å². The molecule has 4 nitrogen and oxygen atoms in total. The molecule has 4 rings (SSSR count). The number of aromatic nitrogens is 2. The van der Waals surface area contributed by atoms with Gasteiger partial charge in [0.15, 0.2) is 0 Å². The number of ether oxygens (including phenoxy) is 1. The molecule has 3 aromatic carbocycles. The van der Waals surface area contributed by atoms with Gasteiger partial charge >= 0.3 is 6.18 Å². The Bertz CT molecular complexity index is 1210. The Hall–Kier alpha value is -2.91. The van der Waals surface area contributed by atoms with Crippen molar-refractivity contribution in [1.82, 2.24) is 9.78 Å². The monoisotopic (exact) mass is 494 g/mol. The Morgan fingerprint density at radius 3 is 2.29 bits per heavy atom. The van der Waals surface area contributed by atoms with Gasteiger partial charge in [0, 0.05) is 9.86 Å². The summed E-state index contributed by atoms with van der Waals surface area (Å²) in [5, 5.41) is 15.2. The number of nitrogens with zero attached hydrogens (tertiary/aromatic N) is 2. The van der Waals surface area contributed by atoms with E-state index in [0.29, 0.717) is 16.6 Å². The van der Waals surface area contributed by atoms with E-state index in [2.05, 4.69) is 21.0 Å². The van der Waals surface area contributed by atoms with Crippen LogP contribution in [0, 0.1) is 5.82 Å². The van der Waals surface area contributed by atoms with E-state index in [0.717, 1.165) is 4.47 Å². The molecule has 0 aliphatic rings. The van der Waals surface area contributed by atoms with Gasteiger partial charge in [-0.2, -0.15) is 18.3 Å². The lowest BCUT2D eigenvalue weighted by Crippen LogP contribution is -2.47. The Balaban J connectivity index is 1.69. The number of rotatable bonds is 5. The summed E-state index contributed by atoms with van der Waals surface area (Å²) in [6.45, 7) is -1.02. The number of aliphatic hydroxyl groups is 1. The third-order valence-corrected chi connectivity index (χ3v) is 5.38. The lowest BCUT2D eigenvalue weighted by Gasteiger charge is -2.30. The van der Waals surface area contributed by atoms with Gasteiger partial charge in [0.05, 0.1) is 17.4 Å². The molecule has 0 bridgehead atoms. The highest BCUT2D eigenvalue weighted by Crippen LogP contribution is 2.40. The molecule has 1 atom stereocenters. The minimum atomic E-state index is -4.98. The summed E-state index contributed by atoms with van der Waals surface area (Å²) in [6.07, 6.45) is -3.60. The third kappa shape index (κ3) is 4.15. The molecule has 0 fully saturated rings. The predicted molar refractivity (Wildman–Crippen MR) is 111 cm³/mol. The maximum Gasteiger partial charge on any atom is 0.424 e. The Morgan fingerprint density at radius 2 is 1.65 bits per heavy atom. The first-order chi connectivity index (χ1) is 14.7. The summed E-state index contributed by atoms with van der Waals surface area (Å²) < 4.78 is 62.3. The summed E-state index contributed by atoms with van der Waals surface area (Å²) in [5.41, 5.74) is -2.54. The van der Waals surface area contributed by atoms with Crippen LogP contribution in [0.25, 0.3) is 16.6 Å². The molecule has 0 saturated heterocycles. The minimum Gasteiger partial charge on any atom is -0.490 e. The van der Waals surface area contributed by atoms with Gasteiger partial charge in [-0.25, -0.2) is 9.07 Å². The van der Waals surface area contributed by atoms with Crippen molar-refractivity contribution in [3.05, 3.63) is 88.8 Å². The second kappa shape index (κ2) is 7.97. The quantitative estimate of drug-likeness (QED) is 0.359. The molecular weight excluding hydrogens is 480 g/mol. The van der Waals surface area contributed by atoms with Crippen molar-refractivity contribution >= 4 is 26.8 Å². The minimum absolute atomic E-state index is 0.191. The van der Waals surface area contributed by atoms with Gasteiger partial charge in [-0.1, -0.05) is 22.0 Å². The summed E-state index contributed by atoms with van der Waals surface area (Å²) in [6, 6.07) is 15.6. The van der Waals surface area contributed by atoms with E-state index in [4.69, 9.17) is 4.74 Å². The molecule has 4 aromatic rings. The van der Waals surface area contributed by atoms with Gasteiger partial charge in [-0.3, -0.25) is 0 Å². The van der Waals surface area contributed by atoms with Crippen LogP contribution in [0.4, 0.5) is 17.6 Å². The highest BCUT2D eigenvalue weighted by Gasteiger charge is 2.56. The maximum absolute atomic E-state index is 13.9. The smallest absolute Gasteiger partial charge is 0.424 e. The number of hydrogen-bond donors (Lipinski definition) is 1. The molecule has 1 heterocycles. The molecule has 0 saturated carbocycles. The molecule has 31 heavy (non-hydrogen) atoms. The van der Waals surface area contributed by atoms with E-state index < -0.39 is 24.2 Å². The summed E-state index contributed by atoms with van der Waals surface area (Å²) in [7, 11) is 0. The molecule has 0 radical (unpaired) electrons. The lowest BCUT2D eigenvalue weighted by atomic mass is 9.93. The third-order valence-electron chi connectivity index (χ3n) is 4.85. The fourth-order valence-corrected chi connectivity index (χ4v) is 3.39. The Kier molecular flexibility index (Phi) is 5.49. The zero-order chi connectivity index (χ0) is 22.2. The average Bonchev–Trinajstić information content (AvgIpc) is 3.16. The molecule has 0 spiro atoms. The van der Waals surface area contributed by atoms with Crippen molar-refractivity contribution in [2.24, 2.45) is 0 Å². The SMILES string of the molecule is OC(COc1ccc(Br)cc1)(c1ccc2c(cnn2-c2ccc(F)cc2)c1)C(F)(F)F. The van der Waals surface area contributed by atoms with Crippen LogP contribution in [0.5, 0.6) is 5.75 Å². The van der Waals surface area contributed by atoms with Crippen molar-refractivity contribution in [1.29, 1.82) is 0 Å². The van der Waals surface area contributed by atoms with Gasteiger partial charge in [-0.15, -0.1) is 0 Å². The predicted octanol–water partition coefficient (Wildman–Crippen LogP) is 5.76. The van der Waals surface area contributed by atoms with Crippen LogP contribution >= 0.6 is 15.9 Å². The average molecular weight is 495 g/mol. The Labute approximate surface area is 182 Å². The number of benzene rings is 3. The first kappa shape index (κ1) is 21.3. The van der Waals surface area contributed by atoms with Crippen molar-refractivity contribution in [2.45, 2.75) is 11.8 Å². The van der Waals surface area contributed by atoms with Crippen molar-refractivity contribution in [3.8, 4) is 11.4 Å². The van der Waals surface area contributed by atoms with Crippen LogP contribution in [0.1, 0.15) is 5.56 Å². The van der Waals surface area contributed by atoms with Crippen molar-refractivity contribution < 1.29 is 27.4 Å². The van der Waals surface area contributed by atoms with Crippen LogP contribution in [0.2, 0.25) is 0 Å². The number of fused-ring (bicyclic) bond motifs is 1. The molecular formula is C22H15BrF4N2O2. The zero-order valence-corrected chi connectivity index (χ0v) is 17.4. The van der Waals surface area contributed by atoms with E-state index in [1.807, 2.05) is 0 Å². The normalized spacial score (nSPS) is 13.9. The summed E-state index contributed by atoms with van der Waals surface area (Å²) in [5.74, 6) is -0.223. The summed E-state index contributed by atoms with van der Waals surface area (Å²) >= 11 is 3.24. The van der Waals surface area contributed by atoms with E-state index in [-0.39, 0.29) is 11.3 Å². The van der Waals surface area contributed by atoms with Gasteiger partial charge in [0.2, 0.25) is 5.60 Å². The molecule has 1 N–H and O–H groups in total. The summed E-state index contributed by atoms with van der Waals surface area (Å²) in [4.78, 5) is 0. The number of alkyl halides is 3. The first-order valence-electron chi connectivity index (χ1n) is 9.09. The topological polar surface area (TPSA) is 47.3 Å². The second-order valence-electron chi connectivity index (χ2n) is 6.91. The molecule has 0 amide bonds. The largest absolute Gasteiger partial charge is 0.490 e. The van der Waals surface area contributed by atoms with Crippen LogP contribution in [-0.2, 0) is 5.60 Å². The van der Waals surface area contributed by atoms with E-state index >= 15 is 0 Å². The highest BCUT2D eigenvalue weighted by molar-refractivity contribution is 9.10. The van der Waals surface area contributed by atoms with Crippen LogP contribution < -0.4 is 4.74 Å². The van der Waals surface area contributed by atoms with E-state index in [1.165, 1.54) is 65.5 Å². The fraction of sp³-hybridized carbons (Fsp3) is 0.136. The van der Waals surface area contributed by atoms with Gasteiger partial charge < -0.3 is 9.84 Å². The van der Waals surface area contributed by atoms with Gasteiger partial charge in [-0.05, 0) is 66.2 Å². The zero-order valence-electron chi connectivity index (χ0n) is 15.8. The lowest BCUT2D eigenvalue weighted by molar-refractivity contribution is -0.275. The van der Waals surface area contributed by atoms with Crippen LogP contribution in [0.15, 0.2) is 77.4 Å². The second-order valence-corrected chi connectivity index (χ2v) is 7.82. The van der Waals surface area contributed by atoms with Crippen LogP contribution in [0.3, 0.4) is 0 Å². The fourth-order valence-electron chi connectivity index (χ4n) is 3.13. The van der Waals surface area contributed by atoms with Crippen molar-refractivity contribution in [2.75, 3.05) is 6.61 Å². The molecule has 160 valence electrons. The van der Waals surface area contributed by atoms with Gasteiger partial charge in [0.1, 0.15) is 18.2 Å². The molecule has 0 aliphatic carbocycles. The maximum atomic E-state index is 13.9. The standard InChI is InChI=1S/C22H15BrF4N2O2/c23-16-2-8-19(9-3-16)31-13-21(30,22(25,26)27)15-1-10-20-14(11-15)12-28-29(20)18-6-4-17(24)5-7-18/h1-12,30H,13H2. The number of hydrogen-bond acceptors (Lipinski definition) is 3. The molecule has 9 heteroatoms. The van der Waals surface area contributed by atoms with Crippen molar-refractivity contribution in [3.63, 3.8) is 0 Å². The van der Waals surface area contributed by atoms with Gasteiger partial charge in [0.25, 0.3) is 0 Å². The highest BCUT2D eigenvalue weighted by atomic mass is 79.9. The first-order valence-corrected chi connectivity index (χ1v) is 9.88. The molecule has 1 unspecified atom stereocenters. The molecule has 0 aliphatic heterocycles. The van der Waals surface area contributed by atoms with E-state index in [9.17, 15) is 22.7 Å². The van der Waals surface area contributed by atoms with Crippen LogP contribution in [-0.4, -0.2) is 27.7 Å². The number of halogens is 5. The Morgan fingerprint density at radius 1 is 0.968 bits per heavy atom. The molecule has 1 aromatic heterocycles.